The topological polar surface area (TPSA) is 111 Å². The highest BCUT2D eigenvalue weighted by Gasteiger charge is 2.37. The van der Waals surface area contributed by atoms with Gasteiger partial charge < -0.3 is 24.7 Å². The molecule has 0 spiro atoms. The Balaban J connectivity index is 0.000000769. The molecule has 1 aromatic rings. The first kappa shape index (κ1) is 27.5. The zero-order chi connectivity index (χ0) is 23.9. The molecule has 1 amide bonds. The highest BCUT2D eigenvalue weighted by Crippen LogP contribution is 2.30. The molecule has 1 saturated carbocycles. The second kappa shape index (κ2) is 15.3. The Morgan fingerprint density at radius 2 is 1.66 bits per heavy atom. The van der Waals surface area contributed by atoms with Crippen molar-refractivity contribution in [3.8, 4) is 0 Å². The number of rotatable bonds is 6. The molecule has 2 aliphatic rings. The molecule has 1 aliphatic carbocycles. The third-order valence-corrected chi connectivity index (χ3v) is 5.69. The number of carbonyl (C=O) groups excluding carboxylic acids is 1. The first-order valence-corrected chi connectivity index (χ1v) is 10.9. The Morgan fingerprint density at radius 3 is 2.19 bits per heavy atom. The normalized spacial score (nSPS) is 20.7. The lowest BCUT2D eigenvalue weighted by Gasteiger charge is -2.43. The number of benzene rings is 1. The molecule has 1 aliphatic heterocycles. The van der Waals surface area contributed by atoms with Gasteiger partial charge in [-0.1, -0.05) is 43.2 Å². The van der Waals surface area contributed by atoms with E-state index in [1.165, 1.54) is 25.7 Å². The molecule has 0 radical (unpaired) electrons. The van der Waals surface area contributed by atoms with Crippen LogP contribution in [0.15, 0.2) is 30.3 Å². The third kappa shape index (κ3) is 8.94. The monoisotopic (exact) mass is 451 g/mol. The maximum Gasteiger partial charge on any atom is 0.290 e. The van der Waals surface area contributed by atoms with Crippen LogP contribution in [0.2, 0.25) is 0 Å². The Hall–Kier alpha value is -2.49. The van der Waals surface area contributed by atoms with E-state index in [4.69, 9.17) is 24.5 Å². The largest absolute Gasteiger partial charge is 0.483 e. The van der Waals surface area contributed by atoms with Gasteiger partial charge in [-0.2, -0.15) is 0 Å². The van der Waals surface area contributed by atoms with Gasteiger partial charge in [0.05, 0.1) is 25.3 Å². The molecule has 180 valence electrons. The van der Waals surface area contributed by atoms with Crippen LogP contribution in [0.5, 0.6) is 0 Å². The van der Waals surface area contributed by atoms with Crippen LogP contribution in [0, 0.1) is 0 Å². The fraction of sp³-hybridized carbons (Fsp3) is 0.609. The molecule has 32 heavy (non-hydrogen) atoms. The molecule has 3 rings (SSSR count). The standard InChI is InChI=1S/C21H33N3O2.2CH2O2/c1-22(2)15-19-21(17-9-5-4-6-10-17)24(13-14-26-19)20(25)16-23(3)18-11-7-8-12-18;2*2-1-3/h4-6,9-10,18-19,21H,7-8,11-16H2,1-3H3;2*1H,(H,2,3)/t19-,21-;;/m0../s1. The van der Waals surface area contributed by atoms with Gasteiger partial charge in [0.25, 0.3) is 12.9 Å². The van der Waals surface area contributed by atoms with Crippen LogP contribution in [0.3, 0.4) is 0 Å². The van der Waals surface area contributed by atoms with Crippen molar-refractivity contribution in [3.05, 3.63) is 35.9 Å². The van der Waals surface area contributed by atoms with Gasteiger partial charge in [0, 0.05) is 19.1 Å². The molecule has 2 atom stereocenters. The summed E-state index contributed by atoms with van der Waals surface area (Å²) in [5, 5.41) is 13.8. The number of carbonyl (C=O) groups is 3. The number of hydrogen-bond donors (Lipinski definition) is 2. The van der Waals surface area contributed by atoms with Crippen LogP contribution in [-0.4, -0.2) is 103 Å². The fourth-order valence-electron chi connectivity index (χ4n) is 4.35. The molecule has 9 heteroatoms. The number of ether oxygens (including phenoxy) is 1. The van der Waals surface area contributed by atoms with Crippen molar-refractivity contribution in [2.75, 3.05) is 47.4 Å². The first-order chi connectivity index (χ1) is 15.4. The Kier molecular flexibility index (Phi) is 13.2. The number of carboxylic acid groups (broad SMARTS) is 2. The van der Waals surface area contributed by atoms with Gasteiger partial charge in [-0.25, -0.2) is 0 Å². The van der Waals surface area contributed by atoms with E-state index in [2.05, 4.69) is 48.0 Å². The zero-order valence-corrected chi connectivity index (χ0v) is 19.3. The van der Waals surface area contributed by atoms with Gasteiger partial charge in [0.2, 0.25) is 5.91 Å². The van der Waals surface area contributed by atoms with Gasteiger partial charge in [-0.05, 0) is 39.5 Å². The molecular formula is C23H37N3O6. The summed E-state index contributed by atoms with van der Waals surface area (Å²) in [7, 11) is 6.21. The predicted octanol–water partition coefficient (Wildman–Crippen LogP) is 1.79. The summed E-state index contributed by atoms with van der Waals surface area (Å²) in [4.78, 5) is 36.4. The van der Waals surface area contributed by atoms with Gasteiger partial charge >= 0.3 is 0 Å². The van der Waals surface area contributed by atoms with Crippen LogP contribution in [-0.2, 0) is 19.1 Å². The molecule has 2 fully saturated rings. The van der Waals surface area contributed by atoms with Crippen LogP contribution in [0.1, 0.15) is 37.3 Å². The third-order valence-electron chi connectivity index (χ3n) is 5.69. The van der Waals surface area contributed by atoms with E-state index < -0.39 is 0 Å². The van der Waals surface area contributed by atoms with E-state index in [0.717, 1.165) is 12.1 Å². The van der Waals surface area contributed by atoms with Crippen molar-refractivity contribution in [1.82, 2.24) is 14.7 Å². The molecule has 2 N–H and O–H groups in total. The Labute approximate surface area is 190 Å². The summed E-state index contributed by atoms with van der Waals surface area (Å²) in [6.07, 6.45) is 5.02. The Morgan fingerprint density at radius 1 is 1.09 bits per heavy atom. The molecular weight excluding hydrogens is 414 g/mol. The number of nitrogens with zero attached hydrogens (tertiary/aromatic N) is 3. The second-order valence-electron chi connectivity index (χ2n) is 8.18. The van der Waals surface area contributed by atoms with Crippen LogP contribution in [0.25, 0.3) is 0 Å². The van der Waals surface area contributed by atoms with Gasteiger partial charge in [-0.15, -0.1) is 0 Å². The highest BCUT2D eigenvalue weighted by molar-refractivity contribution is 5.79. The van der Waals surface area contributed by atoms with Gasteiger partial charge in [0.1, 0.15) is 0 Å². The Bertz CT molecular complexity index is 661. The molecule has 1 heterocycles. The predicted molar refractivity (Wildman–Crippen MR) is 121 cm³/mol. The average molecular weight is 452 g/mol. The molecule has 9 nitrogen and oxygen atoms in total. The minimum atomic E-state index is -0.250. The first-order valence-electron chi connectivity index (χ1n) is 10.9. The number of morpholine rings is 1. The van der Waals surface area contributed by atoms with Crippen molar-refractivity contribution in [2.24, 2.45) is 0 Å². The number of likely N-dealkylation sites (N-methyl/N-ethyl adjacent to an activating group) is 2. The van der Waals surface area contributed by atoms with Gasteiger partial charge in [0.15, 0.2) is 0 Å². The quantitative estimate of drug-likeness (QED) is 0.630. The minimum Gasteiger partial charge on any atom is -0.483 e. The summed E-state index contributed by atoms with van der Waals surface area (Å²) >= 11 is 0. The lowest BCUT2D eigenvalue weighted by Crippen LogP contribution is -2.53. The van der Waals surface area contributed by atoms with E-state index >= 15 is 0 Å². The van der Waals surface area contributed by atoms with Gasteiger partial charge in [-0.3, -0.25) is 19.3 Å². The van der Waals surface area contributed by atoms with Crippen LogP contribution >= 0.6 is 0 Å². The van der Waals surface area contributed by atoms with E-state index in [9.17, 15) is 4.79 Å². The zero-order valence-electron chi connectivity index (χ0n) is 19.3. The lowest BCUT2D eigenvalue weighted by molar-refractivity contribution is -0.149. The second-order valence-corrected chi connectivity index (χ2v) is 8.18. The van der Waals surface area contributed by atoms with Crippen molar-refractivity contribution < 1.29 is 29.3 Å². The van der Waals surface area contributed by atoms with Crippen molar-refractivity contribution in [1.29, 1.82) is 0 Å². The van der Waals surface area contributed by atoms with Crippen molar-refractivity contribution in [3.63, 3.8) is 0 Å². The summed E-state index contributed by atoms with van der Waals surface area (Å²) in [5.41, 5.74) is 1.16. The summed E-state index contributed by atoms with van der Waals surface area (Å²) in [6.45, 7) is 2.09. The SMILES string of the molecule is CN(C)C[C@@H]1OCCN(C(=O)CN(C)C2CCCC2)[C@H]1c1ccccc1.O=CO.O=CO. The molecule has 0 aromatic heterocycles. The minimum absolute atomic E-state index is 0.00175. The maximum absolute atomic E-state index is 13.2. The smallest absolute Gasteiger partial charge is 0.290 e. The number of hydrogen-bond acceptors (Lipinski definition) is 6. The summed E-state index contributed by atoms with van der Waals surface area (Å²) < 4.78 is 6.09. The number of amides is 1. The van der Waals surface area contributed by atoms with Crippen molar-refractivity contribution in [2.45, 2.75) is 43.9 Å². The van der Waals surface area contributed by atoms with E-state index in [1.807, 2.05) is 18.2 Å². The van der Waals surface area contributed by atoms with Crippen LogP contribution in [0.4, 0.5) is 0 Å². The molecule has 1 saturated heterocycles. The fourth-order valence-corrected chi connectivity index (χ4v) is 4.35. The van der Waals surface area contributed by atoms with E-state index in [1.54, 1.807) is 0 Å². The lowest BCUT2D eigenvalue weighted by atomic mass is 9.97. The molecule has 1 aromatic carbocycles. The summed E-state index contributed by atoms with van der Waals surface area (Å²) in [5.74, 6) is 0.223. The molecule has 0 unspecified atom stereocenters. The highest BCUT2D eigenvalue weighted by atomic mass is 16.5. The van der Waals surface area contributed by atoms with Crippen molar-refractivity contribution >= 4 is 18.9 Å². The summed E-state index contributed by atoms with van der Waals surface area (Å²) in [6, 6.07) is 10.9. The van der Waals surface area contributed by atoms with Crippen LogP contribution < -0.4 is 0 Å². The maximum atomic E-state index is 13.2. The average Bonchev–Trinajstić information content (AvgIpc) is 3.30. The molecule has 0 bridgehead atoms. The van der Waals surface area contributed by atoms with E-state index in [0.29, 0.717) is 25.7 Å². The van der Waals surface area contributed by atoms with E-state index in [-0.39, 0.29) is 31.0 Å².